The fourth-order valence-corrected chi connectivity index (χ4v) is 3.03. The van der Waals surface area contributed by atoms with Gasteiger partial charge in [0.1, 0.15) is 0 Å². The Morgan fingerprint density at radius 3 is 2.85 bits per heavy atom. The highest BCUT2D eigenvalue weighted by atomic mass is 16.3. The molecule has 0 radical (unpaired) electrons. The molecule has 2 nitrogen and oxygen atoms in total. The highest BCUT2D eigenvalue weighted by Crippen LogP contribution is 2.32. The zero-order chi connectivity index (χ0) is 9.26. The molecular formula is C11H21NO. The third kappa shape index (κ3) is 1.75. The molecule has 2 fully saturated rings. The van der Waals surface area contributed by atoms with Crippen LogP contribution in [0.15, 0.2) is 0 Å². The maximum atomic E-state index is 9.23. The van der Waals surface area contributed by atoms with Gasteiger partial charge in [0.25, 0.3) is 0 Å². The van der Waals surface area contributed by atoms with E-state index in [1.807, 2.05) is 0 Å². The largest absolute Gasteiger partial charge is 0.396 e. The average Bonchev–Trinajstić information content (AvgIpc) is 2.19. The Kier molecular flexibility index (Phi) is 2.89. The molecular weight excluding hydrogens is 162 g/mol. The summed E-state index contributed by atoms with van der Waals surface area (Å²) >= 11 is 0. The lowest BCUT2D eigenvalue weighted by atomic mass is 9.83. The quantitative estimate of drug-likeness (QED) is 0.668. The number of fused-ring (bicyclic) bond motifs is 1. The van der Waals surface area contributed by atoms with E-state index < -0.39 is 0 Å². The molecule has 1 N–H and O–H groups in total. The van der Waals surface area contributed by atoms with E-state index in [4.69, 9.17) is 0 Å². The first-order valence-corrected chi connectivity index (χ1v) is 5.69. The summed E-state index contributed by atoms with van der Waals surface area (Å²) in [6, 6.07) is 1.45. The lowest BCUT2D eigenvalue weighted by Crippen LogP contribution is -2.52. The molecule has 0 bridgehead atoms. The number of aliphatic hydroxyl groups is 1. The SMILES string of the molecule is CC1C(CO)CCC2CCCCN21. The molecule has 2 rings (SSSR count). The molecule has 3 atom stereocenters. The van der Waals surface area contributed by atoms with Gasteiger partial charge in [-0.25, -0.2) is 0 Å². The number of rotatable bonds is 1. The van der Waals surface area contributed by atoms with Crippen LogP contribution in [0.5, 0.6) is 0 Å². The van der Waals surface area contributed by atoms with E-state index in [1.54, 1.807) is 0 Å². The molecule has 0 aromatic heterocycles. The van der Waals surface area contributed by atoms with Crippen LogP contribution >= 0.6 is 0 Å². The molecule has 0 aromatic rings. The minimum atomic E-state index is 0.379. The van der Waals surface area contributed by atoms with Crippen LogP contribution in [-0.4, -0.2) is 35.2 Å². The van der Waals surface area contributed by atoms with Gasteiger partial charge in [-0.05, 0) is 45.1 Å². The summed E-state index contributed by atoms with van der Waals surface area (Å²) in [5, 5.41) is 9.23. The molecule has 2 heterocycles. The van der Waals surface area contributed by atoms with Crippen molar-refractivity contribution in [2.45, 2.75) is 51.1 Å². The standard InChI is InChI=1S/C11H21NO/c1-9-10(8-13)5-6-11-4-2-3-7-12(9)11/h9-11,13H,2-8H2,1H3. The predicted octanol–water partition coefficient (Wildman–Crippen LogP) is 1.63. The van der Waals surface area contributed by atoms with E-state index in [0.717, 1.165) is 6.04 Å². The summed E-state index contributed by atoms with van der Waals surface area (Å²) in [5.41, 5.74) is 0. The van der Waals surface area contributed by atoms with Crippen molar-refractivity contribution >= 4 is 0 Å². The fourth-order valence-electron chi connectivity index (χ4n) is 3.03. The summed E-state index contributed by atoms with van der Waals surface area (Å²) in [4.78, 5) is 2.63. The summed E-state index contributed by atoms with van der Waals surface area (Å²) in [7, 11) is 0. The van der Waals surface area contributed by atoms with Crippen molar-refractivity contribution in [3.63, 3.8) is 0 Å². The summed E-state index contributed by atoms with van der Waals surface area (Å²) in [6.45, 7) is 3.94. The van der Waals surface area contributed by atoms with Gasteiger partial charge in [-0.15, -0.1) is 0 Å². The first kappa shape index (κ1) is 9.47. The van der Waals surface area contributed by atoms with E-state index in [-0.39, 0.29) is 0 Å². The van der Waals surface area contributed by atoms with Crippen LogP contribution in [-0.2, 0) is 0 Å². The Hall–Kier alpha value is -0.0800. The van der Waals surface area contributed by atoms with Crippen molar-refractivity contribution in [1.82, 2.24) is 4.90 Å². The maximum Gasteiger partial charge on any atom is 0.0474 e. The van der Waals surface area contributed by atoms with Gasteiger partial charge in [0.05, 0.1) is 0 Å². The normalized spacial score (nSPS) is 41.5. The molecule has 2 aliphatic rings. The zero-order valence-electron chi connectivity index (χ0n) is 8.58. The third-order valence-corrected chi connectivity index (χ3v) is 3.98. The van der Waals surface area contributed by atoms with Gasteiger partial charge in [0.15, 0.2) is 0 Å². The van der Waals surface area contributed by atoms with Crippen molar-refractivity contribution in [3.8, 4) is 0 Å². The topological polar surface area (TPSA) is 23.5 Å². The minimum Gasteiger partial charge on any atom is -0.396 e. The summed E-state index contributed by atoms with van der Waals surface area (Å²) < 4.78 is 0. The first-order valence-electron chi connectivity index (χ1n) is 5.69. The number of hydrogen-bond acceptors (Lipinski definition) is 2. The Morgan fingerprint density at radius 1 is 1.23 bits per heavy atom. The molecule has 76 valence electrons. The Bertz CT molecular complexity index is 171. The van der Waals surface area contributed by atoms with Crippen LogP contribution < -0.4 is 0 Å². The number of aliphatic hydroxyl groups excluding tert-OH is 1. The monoisotopic (exact) mass is 183 g/mol. The maximum absolute atomic E-state index is 9.23. The van der Waals surface area contributed by atoms with Crippen LogP contribution in [0.4, 0.5) is 0 Å². The Labute approximate surface area is 80.9 Å². The van der Waals surface area contributed by atoms with Crippen molar-refractivity contribution in [2.75, 3.05) is 13.2 Å². The number of piperidine rings is 2. The van der Waals surface area contributed by atoms with Crippen molar-refractivity contribution in [2.24, 2.45) is 5.92 Å². The fraction of sp³-hybridized carbons (Fsp3) is 1.00. The number of hydrogen-bond donors (Lipinski definition) is 1. The average molecular weight is 183 g/mol. The van der Waals surface area contributed by atoms with Gasteiger partial charge >= 0.3 is 0 Å². The second-order valence-corrected chi connectivity index (χ2v) is 4.65. The van der Waals surface area contributed by atoms with E-state index in [1.165, 1.54) is 38.6 Å². The Balaban J connectivity index is 2.01. The van der Waals surface area contributed by atoms with Crippen LogP contribution in [0.25, 0.3) is 0 Å². The van der Waals surface area contributed by atoms with E-state index >= 15 is 0 Å². The van der Waals surface area contributed by atoms with Crippen molar-refractivity contribution in [3.05, 3.63) is 0 Å². The molecule has 0 aromatic carbocycles. The molecule has 2 heteroatoms. The molecule has 0 spiro atoms. The summed E-state index contributed by atoms with van der Waals surface area (Å²) in [6.07, 6.45) is 6.72. The van der Waals surface area contributed by atoms with Gasteiger partial charge in [0.2, 0.25) is 0 Å². The van der Waals surface area contributed by atoms with E-state index in [0.29, 0.717) is 18.6 Å². The van der Waals surface area contributed by atoms with Gasteiger partial charge in [-0.2, -0.15) is 0 Å². The van der Waals surface area contributed by atoms with Crippen LogP contribution in [0.1, 0.15) is 39.0 Å². The molecule has 0 aliphatic carbocycles. The van der Waals surface area contributed by atoms with Crippen LogP contribution in [0, 0.1) is 5.92 Å². The van der Waals surface area contributed by atoms with Crippen LogP contribution in [0.3, 0.4) is 0 Å². The van der Waals surface area contributed by atoms with E-state index in [9.17, 15) is 5.11 Å². The van der Waals surface area contributed by atoms with E-state index in [2.05, 4.69) is 11.8 Å². The minimum absolute atomic E-state index is 0.379. The van der Waals surface area contributed by atoms with Gasteiger partial charge in [-0.3, -0.25) is 4.90 Å². The predicted molar refractivity (Wildman–Crippen MR) is 53.6 cm³/mol. The second-order valence-electron chi connectivity index (χ2n) is 4.65. The zero-order valence-corrected chi connectivity index (χ0v) is 8.58. The number of nitrogens with zero attached hydrogens (tertiary/aromatic N) is 1. The van der Waals surface area contributed by atoms with Gasteiger partial charge in [-0.1, -0.05) is 6.42 Å². The molecule has 0 saturated carbocycles. The van der Waals surface area contributed by atoms with Crippen LogP contribution in [0.2, 0.25) is 0 Å². The molecule has 3 unspecified atom stereocenters. The van der Waals surface area contributed by atoms with Gasteiger partial charge in [0, 0.05) is 18.7 Å². The summed E-state index contributed by atoms with van der Waals surface area (Å²) in [5.74, 6) is 0.536. The van der Waals surface area contributed by atoms with Crippen molar-refractivity contribution in [1.29, 1.82) is 0 Å². The van der Waals surface area contributed by atoms with Crippen molar-refractivity contribution < 1.29 is 5.11 Å². The molecule has 13 heavy (non-hydrogen) atoms. The Morgan fingerprint density at radius 2 is 2.08 bits per heavy atom. The molecule has 2 aliphatic heterocycles. The lowest BCUT2D eigenvalue weighted by molar-refractivity contribution is 0.00389. The highest BCUT2D eigenvalue weighted by Gasteiger charge is 2.34. The second kappa shape index (κ2) is 3.97. The highest BCUT2D eigenvalue weighted by molar-refractivity contribution is 4.89. The molecule has 2 saturated heterocycles. The smallest absolute Gasteiger partial charge is 0.0474 e. The lowest BCUT2D eigenvalue weighted by Gasteiger charge is -2.47. The first-order chi connectivity index (χ1) is 6.33. The molecule has 0 amide bonds. The third-order valence-electron chi connectivity index (χ3n) is 3.98. The van der Waals surface area contributed by atoms with Gasteiger partial charge < -0.3 is 5.11 Å².